The predicted molar refractivity (Wildman–Crippen MR) is 125 cm³/mol. The lowest BCUT2D eigenvalue weighted by molar-refractivity contribution is 0.301. The van der Waals surface area contributed by atoms with E-state index in [2.05, 4.69) is 0 Å². The number of nitrogens with zero attached hydrogens (tertiary/aromatic N) is 1. The molecule has 1 aliphatic rings. The first-order valence-electron chi connectivity index (χ1n) is 11.0. The van der Waals surface area contributed by atoms with Crippen molar-refractivity contribution in [2.24, 2.45) is 4.99 Å². The number of para-hydroxylation sites is 1. The van der Waals surface area contributed by atoms with Crippen molar-refractivity contribution in [3.63, 3.8) is 0 Å². The molecule has 1 saturated carbocycles. The number of rotatable bonds is 7. The van der Waals surface area contributed by atoms with Crippen LogP contribution in [0.15, 0.2) is 67.6 Å². The standard InChI is InChI=1S/C25H27NO5S/c1-18-11-13-20(14-12-18)32(28,29)30-17-23-21(15-16-26-19-7-3-2-4-8-19)22-9-5-6-10-24(22)31-25(23)27/h5-6,9-14,16,19H,2-4,7-8,15,17H2,1H3. The van der Waals surface area contributed by atoms with Crippen molar-refractivity contribution >= 4 is 27.3 Å². The average Bonchev–Trinajstić information content (AvgIpc) is 2.79. The highest BCUT2D eigenvalue weighted by Gasteiger charge is 2.20. The van der Waals surface area contributed by atoms with Crippen LogP contribution in [0.2, 0.25) is 0 Å². The molecule has 1 fully saturated rings. The van der Waals surface area contributed by atoms with Crippen LogP contribution < -0.4 is 5.63 Å². The van der Waals surface area contributed by atoms with Crippen LogP contribution in [0.3, 0.4) is 0 Å². The topological polar surface area (TPSA) is 85.9 Å². The van der Waals surface area contributed by atoms with E-state index in [4.69, 9.17) is 13.6 Å². The molecule has 168 valence electrons. The van der Waals surface area contributed by atoms with Gasteiger partial charge in [0.1, 0.15) is 5.58 Å². The van der Waals surface area contributed by atoms with Crippen molar-refractivity contribution in [2.75, 3.05) is 0 Å². The van der Waals surface area contributed by atoms with E-state index in [0.717, 1.165) is 23.8 Å². The van der Waals surface area contributed by atoms with Crippen molar-refractivity contribution in [3.05, 3.63) is 75.6 Å². The molecule has 0 atom stereocenters. The van der Waals surface area contributed by atoms with Gasteiger partial charge < -0.3 is 4.42 Å². The van der Waals surface area contributed by atoms with Gasteiger partial charge in [-0.2, -0.15) is 8.42 Å². The first-order valence-corrected chi connectivity index (χ1v) is 12.4. The Kier molecular flexibility index (Phi) is 6.86. The van der Waals surface area contributed by atoms with Gasteiger partial charge in [-0.3, -0.25) is 9.18 Å². The summed E-state index contributed by atoms with van der Waals surface area (Å²) in [5.74, 6) is 0. The zero-order chi connectivity index (χ0) is 22.6. The van der Waals surface area contributed by atoms with Gasteiger partial charge in [-0.25, -0.2) is 4.79 Å². The summed E-state index contributed by atoms with van der Waals surface area (Å²) >= 11 is 0. The minimum absolute atomic E-state index is 0.0497. The Hall–Kier alpha value is -2.77. The van der Waals surface area contributed by atoms with E-state index >= 15 is 0 Å². The quantitative estimate of drug-likeness (QED) is 0.287. The zero-order valence-corrected chi connectivity index (χ0v) is 18.9. The number of benzene rings is 2. The molecule has 6 nitrogen and oxygen atoms in total. The smallest absolute Gasteiger partial charge is 0.342 e. The van der Waals surface area contributed by atoms with E-state index < -0.39 is 22.4 Å². The monoisotopic (exact) mass is 453 g/mol. The van der Waals surface area contributed by atoms with Crippen molar-refractivity contribution < 1.29 is 17.0 Å². The molecule has 2 aromatic carbocycles. The lowest BCUT2D eigenvalue weighted by Gasteiger charge is -2.17. The molecule has 3 aromatic rings. The summed E-state index contributed by atoms with van der Waals surface area (Å²) in [7, 11) is -4.01. The maximum atomic E-state index is 12.7. The Morgan fingerprint density at radius 3 is 2.50 bits per heavy atom. The van der Waals surface area contributed by atoms with E-state index in [1.165, 1.54) is 31.4 Å². The van der Waals surface area contributed by atoms with Gasteiger partial charge in [-0.1, -0.05) is 55.2 Å². The normalized spacial score (nSPS) is 15.5. The van der Waals surface area contributed by atoms with Gasteiger partial charge in [-0.05, 0) is 43.5 Å². The summed E-state index contributed by atoms with van der Waals surface area (Å²) in [6, 6.07) is 13.9. The Morgan fingerprint density at radius 1 is 1.03 bits per heavy atom. The second kappa shape index (κ2) is 9.79. The molecular formula is C25H27NO5S. The van der Waals surface area contributed by atoms with Crippen molar-refractivity contribution in [1.82, 2.24) is 0 Å². The molecule has 1 aliphatic carbocycles. The third-order valence-corrected chi connectivity index (χ3v) is 7.16. The molecule has 32 heavy (non-hydrogen) atoms. The first kappa shape index (κ1) is 22.4. The summed E-state index contributed by atoms with van der Waals surface area (Å²) in [4.78, 5) is 17.5. The van der Waals surface area contributed by atoms with Gasteiger partial charge in [0.15, 0.2) is 0 Å². The molecule has 1 aromatic heterocycles. The SMILES string of the molecule is Cc1ccc(S(=O)(=O)OCc2c(CC=NC3CCCCC3)c3ccccc3oc2=O)cc1. The fraction of sp³-hybridized carbons (Fsp3) is 0.360. The molecule has 0 radical (unpaired) electrons. The Labute approximate surface area is 188 Å². The minimum atomic E-state index is -4.01. The van der Waals surface area contributed by atoms with Crippen LogP contribution in [0.1, 0.15) is 48.8 Å². The highest BCUT2D eigenvalue weighted by Crippen LogP contribution is 2.24. The van der Waals surface area contributed by atoms with Gasteiger partial charge in [0.05, 0.1) is 17.1 Å². The van der Waals surface area contributed by atoms with Crippen LogP contribution in [0.25, 0.3) is 11.0 Å². The van der Waals surface area contributed by atoms with Crippen molar-refractivity contribution in [3.8, 4) is 0 Å². The van der Waals surface area contributed by atoms with Crippen molar-refractivity contribution in [1.29, 1.82) is 0 Å². The predicted octanol–water partition coefficient (Wildman–Crippen LogP) is 4.95. The lowest BCUT2D eigenvalue weighted by atomic mass is 9.96. The minimum Gasteiger partial charge on any atom is -0.422 e. The van der Waals surface area contributed by atoms with E-state index in [1.807, 2.05) is 25.3 Å². The molecule has 0 unspecified atom stereocenters. The second-order valence-corrected chi connectivity index (χ2v) is 9.82. The van der Waals surface area contributed by atoms with E-state index in [1.54, 1.807) is 24.3 Å². The van der Waals surface area contributed by atoms with Crippen LogP contribution in [0, 0.1) is 6.92 Å². The number of fused-ring (bicyclic) bond motifs is 1. The molecule has 0 amide bonds. The van der Waals surface area contributed by atoms with Gasteiger partial charge in [0, 0.05) is 24.1 Å². The fourth-order valence-electron chi connectivity index (χ4n) is 4.06. The van der Waals surface area contributed by atoms with Crippen LogP contribution in [0.5, 0.6) is 0 Å². The van der Waals surface area contributed by atoms with Crippen LogP contribution in [-0.4, -0.2) is 20.7 Å². The van der Waals surface area contributed by atoms with E-state index in [9.17, 15) is 13.2 Å². The largest absolute Gasteiger partial charge is 0.422 e. The molecule has 0 spiro atoms. The highest BCUT2D eigenvalue weighted by molar-refractivity contribution is 7.86. The molecule has 0 aliphatic heterocycles. The third kappa shape index (κ3) is 5.16. The van der Waals surface area contributed by atoms with Crippen molar-refractivity contribution in [2.45, 2.75) is 63.0 Å². The Bertz CT molecular complexity index is 1270. The number of aryl methyl sites for hydroxylation is 1. The van der Waals surface area contributed by atoms with E-state index in [0.29, 0.717) is 23.6 Å². The number of hydrogen-bond donors (Lipinski definition) is 0. The molecule has 1 heterocycles. The maximum Gasteiger partial charge on any atom is 0.342 e. The van der Waals surface area contributed by atoms with Gasteiger partial charge in [0.25, 0.3) is 10.1 Å². The highest BCUT2D eigenvalue weighted by atomic mass is 32.2. The number of hydrogen-bond acceptors (Lipinski definition) is 6. The lowest BCUT2D eigenvalue weighted by Crippen LogP contribution is -2.17. The third-order valence-electron chi connectivity index (χ3n) is 5.88. The molecular weight excluding hydrogens is 426 g/mol. The fourth-order valence-corrected chi connectivity index (χ4v) is 4.94. The zero-order valence-electron chi connectivity index (χ0n) is 18.1. The molecule has 0 bridgehead atoms. The van der Waals surface area contributed by atoms with Gasteiger partial charge in [0.2, 0.25) is 0 Å². The Balaban J connectivity index is 1.63. The summed E-state index contributed by atoms with van der Waals surface area (Å²) in [5.41, 5.74) is 1.70. The number of aliphatic imine (C=N–C) groups is 1. The van der Waals surface area contributed by atoms with Crippen LogP contribution >= 0.6 is 0 Å². The van der Waals surface area contributed by atoms with Gasteiger partial charge in [-0.15, -0.1) is 0 Å². The first-order chi connectivity index (χ1) is 15.4. The second-order valence-electron chi connectivity index (χ2n) is 8.20. The molecule has 7 heteroatoms. The molecule has 0 N–H and O–H groups in total. The Morgan fingerprint density at radius 2 is 1.75 bits per heavy atom. The molecule has 4 rings (SSSR count). The molecule has 0 saturated heterocycles. The van der Waals surface area contributed by atoms with Crippen LogP contribution in [-0.2, 0) is 27.3 Å². The van der Waals surface area contributed by atoms with E-state index in [-0.39, 0.29) is 10.5 Å². The summed E-state index contributed by atoms with van der Waals surface area (Å²) in [5, 5.41) is 0.758. The van der Waals surface area contributed by atoms with Gasteiger partial charge >= 0.3 is 5.63 Å². The average molecular weight is 454 g/mol. The van der Waals surface area contributed by atoms with Crippen LogP contribution in [0.4, 0.5) is 0 Å². The summed E-state index contributed by atoms with van der Waals surface area (Å²) in [6.45, 7) is 1.48. The summed E-state index contributed by atoms with van der Waals surface area (Å²) in [6.07, 6.45) is 8.05. The maximum absolute atomic E-state index is 12.7. The summed E-state index contributed by atoms with van der Waals surface area (Å²) < 4.78 is 36.0.